The number of benzene rings is 1. The van der Waals surface area contributed by atoms with Crippen LogP contribution in [0.5, 0.6) is 0 Å². The molecule has 0 amide bonds. The van der Waals surface area contributed by atoms with Gasteiger partial charge < -0.3 is 4.42 Å². The molecular weight excluding hydrogens is 345 g/mol. The van der Waals surface area contributed by atoms with Crippen LogP contribution in [0.2, 0.25) is 0 Å². The van der Waals surface area contributed by atoms with Crippen LogP contribution in [0.25, 0.3) is 28.4 Å². The summed E-state index contributed by atoms with van der Waals surface area (Å²) >= 11 is 0. The third kappa shape index (κ3) is 2.59. The van der Waals surface area contributed by atoms with Gasteiger partial charge in [-0.15, -0.1) is 5.10 Å². The lowest BCUT2D eigenvalue weighted by Gasteiger charge is -2.06. The number of rotatable bonds is 2. The first-order valence-electron chi connectivity index (χ1n) is 7.48. The average Bonchev–Trinajstić information content (AvgIpc) is 3.29. The molecule has 0 radical (unpaired) electrons. The third-order valence-electron chi connectivity index (χ3n) is 3.85. The molecule has 0 aliphatic rings. The van der Waals surface area contributed by atoms with E-state index in [4.69, 9.17) is 4.42 Å². The molecule has 3 aromatic heterocycles. The molecule has 1 aromatic carbocycles. The van der Waals surface area contributed by atoms with Gasteiger partial charge in [-0.1, -0.05) is 12.1 Å². The first-order chi connectivity index (χ1) is 12.5. The number of hydrogen-bond donors (Lipinski definition) is 0. The van der Waals surface area contributed by atoms with Crippen molar-refractivity contribution in [2.45, 2.75) is 6.18 Å². The van der Waals surface area contributed by atoms with Gasteiger partial charge in [-0.3, -0.25) is 0 Å². The number of pyridine rings is 1. The number of nitrogens with zero attached hydrogens (tertiary/aromatic N) is 4. The number of nitriles is 1. The molecular formula is C18H9F3N4O. The summed E-state index contributed by atoms with van der Waals surface area (Å²) in [7, 11) is 0. The van der Waals surface area contributed by atoms with Crippen molar-refractivity contribution in [1.29, 1.82) is 5.26 Å². The molecule has 0 fully saturated rings. The van der Waals surface area contributed by atoms with Crippen LogP contribution in [0, 0.1) is 11.3 Å². The van der Waals surface area contributed by atoms with Crippen molar-refractivity contribution in [3.05, 3.63) is 66.1 Å². The molecule has 0 spiro atoms. The summed E-state index contributed by atoms with van der Waals surface area (Å²) in [5.74, 6) is 0.594. The van der Waals surface area contributed by atoms with Gasteiger partial charge in [-0.05, 0) is 30.3 Å². The van der Waals surface area contributed by atoms with Gasteiger partial charge in [0.25, 0.3) is 0 Å². The molecule has 8 heteroatoms. The van der Waals surface area contributed by atoms with Crippen molar-refractivity contribution in [2.75, 3.05) is 0 Å². The molecule has 0 aliphatic heterocycles. The SMILES string of the molecule is N#Cc1c(-c2ccco2)ccn2nc(-c3cccc(C(F)(F)F)c3)nc12. The fourth-order valence-electron chi connectivity index (χ4n) is 2.65. The molecule has 128 valence electrons. The Morgan fingerprint density at radius 1 is 1.12 bits per heavy atom. The number of furan rings is 1. The first-order valence-corrected chi connectivity index (χ1v) is 7.48. The van der Waals surface area contributed by atoms with Crippen LogP contribution in [0.4, 0.5) is 13.2 Å². The number of aromatic nitrogens is 3. The molecule has 4 aromatic rings. The molecule has 0 saturated heterocycles. The van der Waals surface area contributed by atoms with E-state index in [0.717, 1.165) is 12.1 Å². The van der Waals surface area contributed by atoms with E-state index < -0.39 is 11.7 Å². The highest BCUT2D eigenvalue weighted by Crippen LogP contribution is 2.32. The quantitative estimate of drug-likeness (QED) is 0.530. The minimum absolute atomic E-state index is 0.101. The van der Waals surface area contributed by atoms with E-state index in [2.05, 4.69) is 16.2 Å². The summed E-state index contributed by atoms with van der Waals surface area (Å²) in [6, 6.07) is 11.9. The van der Waals surface area contributed by atoms with Crippen molar-refractivity contribution < 1.29 is 17.6 Å². The second-order valence-corrected chi connectivity index (χ2v) is 5.48. The monoisotopic (exact) mass is 354 g/mol. The van der Waals surface area contributed by atoms with Crippen molar-refractivity contribution in [3.8, 4) is 28.8 Å². The van der Waals surface area contributed by atoms with Gasteiger partial charge in [-0.2, -0.15) is 18.4 Å². The van der Waals surface area contributed by atoms with Gasteiger partial charge in [0.1, 0.15) is 17.4 Å². The Morgan fingerprint density at radius 3 is 2.65 bits per heavy atom. The summed E-state index contributed by atoms with van der Waals surface area (Å²) in [5, 5.41) is 13.7. The lowest BCUT2D eigenvalue weighted by Crippen LogP contribution is -2.04. The van der Waals surface area contributed by atoms with Gasteiger partial charge in [-0.25, -0.2) is 9.50 Å². The van der Waals surface area contributed by atoms with Gasteiger partial charge in [0, 0.05) is 17.3 Å². The Kier molecular flexibility index (Phi) is 3.51. The largest absolute Gasteiger partial charge is 0.464 e. The predicted octanol–water partition coefficient (Wildman–Crippen LogP) is 4.55. The molecule has 0 atom stereocenters. The maximum absolute atomic E-state index is 12.9. The molecule has 0 N–H and O–H groups in total. The number of halogens is 3. The summed E-state index contributed by atoms with van der Waals surface area (Å²) < 4.78 is 45.4. The van der Waals surface area contributed by atoms with Crippen molar-refractivity contribution in [3.63, 3.8) is 0 Å². The molecule has 26 heavy (non-hydrogen) atoms. The third-order valence-corrected chi connectivity index (χ3v) is 3.85. The number of hydrogen-bond acceptors (Lipinski definition) is 4. The molecule has 4 rings (SSSR count). The van der Waals surface area contributed by atoms with Crippen molar-refractivity contribution >= 4 is 5.65 Å². The minimum Gasteiger partial charge on any atom is -0.464 e. The van der Waals surface area contributed by atoms with Gasteiger partial charge in [0.2, 0.25) is 0 Å². The maximum atomic E-state index is 12.9. The molecule has 0 unspecified atom stereocenters. The second kappa shape index (κ2) is 5.74. The summed E-state index contributed by atoms with van der Waals surface area (Å²) in [4.78, 5) is 4.27. The lowest BCUT2D eigenvalue weighted by molar-refractivity contribution is -0.137. The molecule has 5 nitrogen and oxygen atoms in total. The molecule has 0 bridgehead atoms. The number of fused-ring (bicyclic) bond motifs is 1. The van der Waals surface area contributed by atoms with Crippen LogP contribution in [-0.4, -0.2) is 14.6 Å². The minimum atomic E-state index is -4.46. The van der Waals surface area contributed by atoms with E-state index in [-0.39, 0.29) is 22.6 Å². The summed E-state index contributed by atoms with van der Waals surface area (Å²) in [6.45, 7) is 0. The standard InChI is InChI=1S/C18H9F3N4O/c19-18(20,21)12-4-1-3-11(9-12)16-23-17-14(10-22)13(6-7-25(17)24-16)15-5-2-8-26-15/h1-9H. The maximum Gasteiger partial charge on any atom is 0.416 e. The Labute approximate surface area is 144 Å². The molecule has 3 heterocycles. The number of alkyl halides is 3. The zero-order chi connectivity index (χ0) is 18.3. The van der Waals surface area contributed by atoms with Crippen LogP contribution in [0.3, 0.4) is 0 Å². The lowest BCUT2D eigenvalue weighted by atomic mass is 10.1. The highest BCUT2D eigenvalue weighted by atomic mass is 19.4. The normalized spacial score (nSPS) is 11.6. The summed E-state index contributed by atoms with van der Waals surface area (Å²) in [6.07, 6.45) is -1.39. The van der Waals surface area contributed by atoms with Gasteiger partial charge in [0.05, 0.1) is 11.8 Å². The van der Waals surface area contributed by atoms with E-state index >= 15 is 0 Å². The predicted molar refractivity (Wildman–Crippen MR) is 85.8 cm³/mol. The van der Waals surface area contributed by atoms with E-state index in [0.29, 0.717) is 11.3 Å². The topological polar surface area (TPSA) is 67.1 Å². The van der Waals surface area contributed by atoms with Crippen LogP contribution in [0.1, 0.15) is 11.1 Å². The Hall–Kier alpha value is -3.60. The zero-order valence-corrected chi connectivity index (χ0v) is 13.0. The fourth-order valence-corrected chi connectivity index (χ4v) is 2.65. The first kappa shape index (κ1) is 15.9. The van der Waals surface area contributed by atoms with Crippen LogP contribution in [-0.2, 0) is 6.18 Å². The van der Waals surface area contributed by atoms with Gasteiger partial charge >= 0.3 is 6.18 Å². The van der Waals surface area contributed by atoms with Gasteiger partial charge in [0.15, 0.2) is 11.5 Å². The highest BCUT2D eigenvalue weighted by molar-refractivity contribution is 5.75. The Balaban J connectivity index is 1.88. The summed E-state index contributed by atoms with van der Waals surface area (Å²) in [5.41, 5.74) is 0.438. The Morgan fingerprint density at radius 2 is 1.96 bits per heavy atom. The van der Waals surface area contributed by atoms with Crippen LogP contribution < -0.4 is 0 Å². The van der Waals surface area contributed by atoms with E-state index in [1.54, 1.807) is 24.4 Å². The van der Waals surface area contributed by atoms with Crippen LogP contribution >= 0.6 is 0 Å². The highest BCUT2D eigenvalue weighted by Gasteiger charge is 2.30. The van der Waals surface area contributed by atoms with Crippen molar-refractivity contribution in [1.82, 2.24) is 14.6 Å². The smallest absolute Gasteiger partial charge is 0.416 e. The van der Waals surface area contributed by atoms with E-state index in [1.807, 2.05) is 0 Å². The average molecular weight is 354 g/mol. The second-order valence-electron chi connectivity index (χ2n) is 5.48. The zero-order valence-electron chi connectivity index (χ0n) is 13.0. The van der Waals surface area contributed by atoms with E-state index in [9.17, 15) is 18.4 Å². The van der Waals surface area contributed by atoms with Crippen molar-refractivity contribution in [2.24, 2.45) is 0 Å². The van der Waals surface area contributed by atoms with Crippen LogP contribution in [0.15, 0.2) is 59.3 Å². The molecule has 0 saturated carbocycles. The molecule has 0 aliphatic carbocycles. The fraction of sp³-hybridized carbons (Fsp3) is 0.0556. The Bertz CT molecular complexity index is 1140. The van der Waals surface area contributed by atoms with E-state index in [1.165, 1.54) is 22.9 Å².